The van der Waals surface area contributed by atoms with Gasteiger partial charge in [0.25, 0.3) is 0 Å². The van der Waals surface area contributed by atoms with Crippen molar-refractivity contribution in [3.63, 3.8) is 0 Å². The van der Waals surface area contributed by atoms with Gasteiger partial charge in [-0.2, -0.15) is 0 Å². The smallest absolute Gasteiger partial charge is 0.128 e. The standard InChI is InChI=1S/C16H15N3O/c17-14-5-6-15(13-4-2-9-19-16(13)14)20-10-7-12-3-1-8-18-11-12/h1-6,8-9,11H,7,10,17H2. The fraction of sp³-hybridized carbons (Fsp3) is 0.125. The van der Waals surface area contributed by atoms with Crippen molar-refractivity contribution in [3.05, 3.63) is 60.6 Å². The van der Waals surface area contributed by atoms with E-state index in [0.29, 0.717) is 12.3 Å². The molecule has 0 radical (unpaired) electrons. The number of benzene rings is 1. The van der Waals surface area contributed by atoms with Gasteiger partial charge in [0.2, 0.25) is 0 Å². The average Bonchev–Trinajstić information content (AvgIpc) is 2.51. The molecule has 2 heterocycles. The minimum absolute atomic E-state index is 0.597. The second-order valence-corrected chi connectivity index (χ2v) is 4.51. The van der Waals surface area contributed by atoms with Gasteiger partial charge in [0.05, 0.1) is 17.8 Å². The molecule has 4 heteroatoms. The van der Waals surface area contributed by atoms with Crippen LogP contribution in [0.1, 0.15) is 5.56 Å². The van der Waals surface area contributed by atoms with Gasteiger partial charge in [0.1, 0.15) is 5.75 Å². The number of nitrogens with two attached hydrogens (primary N) is 1. The number of nitrogen functional groups attached to an aromatic ring is 1. The maximum absolute atomic E-state index is 5.92. The Kier molecular flexibility index (Phi) is 3.46. The zero-order chi connectivity index (χ0) is 13.8. The number of nitrogens with zero attached hydrogens (tertiary/aromatic N) is 2. The van der Waals surface area contributed by atoms with Crippen molar-refractivity contribution >= 4 is 16.6 Å². The van der Waals surface area contributed by atoms with Crippen LogP contribution in [0.2, 0.25) is 0 Å². The summed E-state index contributed by atoms with van der Waals surface area (Å²) in [6.07, 6.45) is 6.17. The zero-order valence-corrected chi connectivity index (χ0v) is 11.0. The van der Waals surface area contributed by atoms with Crippen molar-refractivity contribution in [1.82, 2.24) is 9.97 Å². The van der Waals surface area contributed by atoms with E-state index >= 15 is 0 Å². The molecule has 0 amide bonds. The molecule has 20 heavy (non-hydrogen) atoms. The lowest BCUT2D eigenvalue weighted by Gasteiger charge is -2.10. The summed E-state index contributed by atoms with van der Waals surface area (Å²) in [5.74, 6) is 0.811. The van der Waals surface area contributed by atoms with Gasteiger partial charge in [0, 0.05) is 30.4 Å². The molecule has 3 rings (SSSR count). The summed E-state index contributed by atoms with van der Waals surface area (Å²) in [4.78, 5) is 8.38. The first-order valence-corrected chi connectivity index (χ1v) is 6.49. The molecule has 0 atom stereocenters. The molecule has 0 saturated carbocycles. The molecule has 0 saturated heterocycles. The maximum Gasteiger partial charge on any atom is 0.128 e. The Hall–Kier alpha value is -2.62. The molecule has 0 fully saturated rings. The van der Waals surface area contributed by atoms with Crippen LogP contribution in [-0.4, -0.2) is 16.6 Å². The molecular formula is C16H15N3O. The Bertz CT molecular complexity index is 713. The molecule has 1 aromatic carbocycles. The van der Waals surface area contributed by atoms with E-state index in [0.717, 1.165) is 28.6 Å². The highest BCUT2D eigenvalue weighted by atomic mass is 16.5. The zero-order valence-electron chi connectivity index (χ0n) is 11.0. The first-order valence-electron chi connectivity index (χ1n) is 6.49. The average molecular weight is 265 g/mol. The number of fused-ring (bicyclic) bond motifs is 1. The van der Waals surface area contributed by atoms with Crippen LogP contribution in [0, 0.1) is 0 Å². The third-order valence-electron chi connectivity index (χ3n) is 3.13. The number of hydrogen-bond acceptors (Lipinski definition) is 4. The SMILES string of the molecule is Nc1ccc(OCCc2cccnc2)c2cccnc12. The van der Waals surface area contributed by atoms with Gasteiger partial charge in [0.15, 0.2) is 0 Å². The lowest BCUT2D eigenvalue weighted by Crippen LogP contribution is -2.02. The van der Waals surface area contributed by atoms with Crippen LogP contribution in [0.4, 0.5) is 5.69 Å². The first kappa shape index (κ1) is 12.4. The van der Waals surface area contributed by atoms with E-state index in [1.807, 2.05) is 42.6 Å². The molecule has 0 aliphatic rings. The molecule has 3 aromatic rings. The quantitative estimate of drug-likeness (QED) is 0.737. The molecule has 0 bridgehead atoms. The van der Waals surface area contributed by atoms with Crippen molar-refractivity contribution in [2.75, 3.05) is 12.3 Å². The van der Waals surface area contributed by atoms with Crippen LogP contribution in [-0.2, 0) is 6.42 Å². The Labute approximate surface area is 117 Å². The second kappa shape index (κ2) is 5.57. The largest absolute Gasteiger partial charge is 0.493 e. The summed E-state index contributed by atoms with van der Waals surface area (Å²) >= 11 is 0. The number of ether oxygens (including phenoxy) is 1. The summed E-state index contributed by atoms with van der Waals surface area (Å²) in [6.45, 7) is 0.597. The van der Waals surface area contributed by atoms with E-state index in [-0.39, 0.29) is 0 Å². The molecule has 0 spiro atoms. The predicted octanol–water partition coefficient (Wildman–Crippen LogP) is 2.83. The Morgan fingerprint density at radius 2 is 1.95 bits per heavy atom. The third-order valence-corrected chi connectivity index (χ3v) is 3.13. The third kappa shape index (κ3) is 2.54. The number of aromatic nitrogens is 2. The first-order chi connectivity index (χ1) is 9.84. The van der Waals surface area contributed by atoms with Gasteiger partial charge in [-0.15, -0.1) is 0 Å². The van der Waals surface area contributed by atoms with E-state index in [9.17, 15) is 0 Å². The second-order valence-electron chi connectivity index (χ2n) is 4.51. The van der Waals surface area contributed by atoms with E-state index < -0.39 is 0 Å². The molecule has 4 nitrogen and oxygen atoms in total. The number of hydrogen-bond donors (Lipinski definition) is 1. The lowest BCUT2D eigenvalue weighted by atomic mass is 10.1. The Balaban J connectivity index is 1.77. The predicted molar refractivity (Wildman–Crippen MR) is 79.6 cm³/mol. The van der Waals surface area contributed by atoms with Crippen molar-refractivity contribution < 1.29 is 4.74 Å². The molecular weight excluding hydrogens is 250 g/mol. The van der Waals surface area contributed by atoms with Gasteiger partial charge in [-0.1, -0.05) is 6.07 Å². The number of anilines is 1. The molecule has 0 aliphatic heterocycles. The summed E-state index contributed by atoms with van der Waals surface area (Å²) in [5.41, 5.74) is 8.53. The number of rotatable bonds is 4. The van der Waals surface area contributed by atoms with Crippen molar-refractivity contribution in [2.45, 2.75) is 6.42 Å². The summed E-state index contributed by atoms with van der Waals surface area (Å²) in [7, 11) is 0. The molecule has 0 unspecified atom stereocenters. The van der Waals surface area contributed by atoms with Crippen LogP contribution in [0.5, 0.6) is 5.75 Å². The van der Waals surface area contributed by atoms with Crippen molar-refractivity contribution in [1.29, 1.82) is 0 Å². The van der Waals surface area contributed by atoms with Gasteiger partial charge in [-0.05, 0) is 35.9 Å². The summed E-state index contributed by atoms with van der Waals surface area (Å²) < 4.78 is 5.85. The van der Waals surface area contributed by atoms with Gasteiger partial charge in [-0.3, -0.25) is 9.97 Å². The maximum atomic E-state index is 5.92. The van der Waals surface area contributed by atoms with Gasteiger partial charge < -0.3 is 10.5 Å². The summed E-state index contributed by atoms with van der Waals surface area (Å²) in [5, 5.41) is 0.943. The highest BCUT2D eigenvalue weighted by Crippen LogP contribution is 2.28. The number of pyridine rings is 2. The van der Waals surface area contributed by atoms with Crippen molar-refractivity contribution in [3.8, 4) is 5.75 Å². The molecule has 0 aliphatic carbocycles. The van der Waals surface area contributed by atoms with Crippen molar-refractivity contribution in [2.24, 2.45) is 0 Å². The minimum Gasteiger partial charge on any atom is -0.493 e. The van der Waals surface area contributed by atoms with Gasteiger partial charge in [-0.25, -0.2) is 0 Å². The van der Waals surface area contributed by atoms with Crippen LogP contribution < -0.4 is 10.5 Å². The normalized spacial score (nSPS) is 10.6. The molecule has 2 aromatic heterocycles. The highest BCUT2D eigenvalue weighted by molar-refractivity contribution is 5.93. The fourth-order valence-electron chi connectivity index (χ4n) is 2.12. The van der Waals surface area contributed by atoms with Crippen LogP contribution in [0.25, 0.3) is 10.9 Å². The Morgan fingerprint density at radius 1 is 1.05 bits per heavy atom. The van der Waals surface area contributed by atoms with E-state index in [4.69, 9.17) is 10.5 Å². The minimum atomic E-state index is 0.597. The van der Waals surface area contributed by atoms with Gasteiger partial charge >= 0.3 is 0 Å². The molecule has 100 valence electrons. The molecule has 2 N–H and O–H groups in total. The fourth-order valence-corrected chi connectivity index (χ4v) is 2.12. The monoisotopic (exact) mass is 265 g/mol. The van der Waals surface area contributed by atoms with E-state index in [1.54, 1.807) is 12.4 Å². The summed E-state index contributed by atoms with van der Waals surface area (Å²) in [6, 6.07) is 11.5. The Morgan fingerprint density at radius 3 is 2.80 bits per heavy atom. The topological polar surface area (TPSA) is 61.0 Å². The highest BCUT2D eigenvalue weighted by Gasteiger charge is 2.05. The lowest BCUT2D eigenvalue weighted by molar-refractivity contribution is 0.325. The van der Waals surface area contributed by atoms with Crippen LogP contribution in [0.15, 0.2) is 55.0 Å². The van der Waals surface area contributed by atoms with Crippen LogP contribution >= 0.6 is 0 Å². The van der Waals surface area contributed by atoms with Crippen LogP contribution in [0.3, 0.4) is 0 Å². The van der Waals surface area contributed by atoms with E-state index in [1.165, 1.54) is 0 Å². The van der Waals surface area contributed by atoms with E-state index in [2.05, 4.69) is 9.97 Å².